The monoisotopic (exact) mass is 265 g/mol. The number of fused-ring (bicyclic) bond motifs is 1. The van der Waals surface area contributed by atoms with Gasteiger partial charge in [-0.15, -0.1) is 5.10 Å². The van der Waals surface area contributed by atoms with Crippen LogP contribution in [0.5, 0.6) is 0 Å². The average Bonchev–Trinajstić information content (AvgIpc) is 2.93. The Balaban J connectivity index is 2.00. The quantitative estimate of drug-likeness (QED) is 0.867. The van der Waals surface area contributed by atoms with Gasteiger partial charge in [-0.3, -0.25) is 9.69 Å². The lowest BCUT2D eigenvalue weighted by atomic mass is 10.1. The van der Waals surface area contributed by atoms with E-state index in [-0.39, 0.29) is 11.8 Å². The maximum atomic E-state index is 11.9. The minimum absolute atomic E-state index is 0.0116. The van der Waals surface area contributed by atoms with Gasteiger partial charge in [0.25, 0.3) is 5.95 Å². The molecule has 0 aromatic carbocycles. The van der Waals surface area contributed by atoms with E-state index in [1.165, 1.54) is 0 Å². The Morgan fingerprint density at radius 1 is 1.56 bits per heavy atom. The van der Waals surface area contributed by atoms with Crippen LogP contribution in [-0.2, 0) is 4.79 Å². The Hall–Kier alpha value is -1.66. The number of aromatic nitrogens is 3. The van der Waals surface area contributed by atoms with E-state index in [2.05, 4.69) is 10.1 Å². The zero-order valence-electron chi connectivity index (χ0n) is 9.58. The second-order valence-electron chi connectivity index (χ2n) is 4.35. The first-order valence-corrected chi connectivity index (χ1v) is 6.08. The normalized spacial score (nSPS) is 20.0. The summed E-state index contributed by atoms with van der Waals surface area (Å²) in [5.41, 5.74) is 6.14. The molecule has 0 saturated carbocycles. The van der Waals surface area contributed by atoms with E-state index >= 15 is 0 Å². The fraction of sp³-hybridized carbons (Fsp3) is 0.364. The number of nitrogens with zero attached hydrogens (tertiary/aromatic N) is 4. The van der Waals surface area contributed by atoms with Crippen molar-refractivity contribution < 1.29 is 4.79 Å². The van der Waals surface area contributed by atoms with Crippen molar-refractivity contribution in [2.75, 3.05) is 18.0 Å². The summed E-state index contributed by atoms with van der Waals surface area (Å²) in [6, 6.07) is 3.52. The van der Waals surface area contributed by atoms with Gasteiger partial charge >= 0.3 is 0 Å². The van der Waals surface area contributed by atoms with Crippen LogP contribution in [-0.4, -0.2) is 33.6 Å². The Bertz CT molecular complexity index is 610. The number of hydrogen-bond acceptors (Lipinski definition) is 4. The highest BCUT2D eigenvalue weighted by Gasteiger charge is 2.32. The second-order valence-corrected chi connectivity index (χ2v) is 4.75. The SMILES string of the molecule is NCC1CC(=O)N(c2nc3c(Cl)cccn3n2)C1. The molecule has 0 aliphatic carbocycles. The van der Waals surface area contributed by atoms with Crippen LogP contribution in [0.3, 0.4) is 0 Å². The molecule has 6 nitrogen and oxygen atoms in total. The van der Waals surface area contributed by atoms with Gasteiger partial charge in [-0.25, -0.2) is 4.52 Å². The van der Waals surface area contributed by atoms with Gasteiger partial charge in [-0.2, -0.15) is 4.98 Å². The van der Waals surface area contributed by atoms with Crippen molar-refractivity contribution in [1.29, 1.82) is 0 Å². The molecule has 3 rings (SSSR count). The molecule has 0 spiro atoms. The van der Waals surface area contributed by atoms with E-state index in [9.17, 15) is 4.79 Å². The Morgan fingerprint density at radius 3 is 3.06 bits per heavy atom. The molecule has 2 N–H and O–H groups in total. The fourth-order valence-corrected chi connectivity index (χ4v) is 2.31. The van der Waals surface area contributed by atoms with E-state index in [1.54, 1.807) is 27.7 Å². The first kappa shape index (κ1) is 11.4. The van der Waals surface area contributed by atoms with Crippen LogP contribution in [0, 0.1) is 5.92 Å². The molecule has 1 saturated heterocycles. The van der Waals surface area contributed by atoms with E-state index < -0.39 is 0 Å². The number of rotatable bonds is 2. The van der Waals surface area contributed by atoms with Crippen LogP contribution < -0.4 is 10.6 Å². The van der Waals surface area contributed by atoms with Gasteiger partial charge < -0.3 is 5.73 Å². The van der Waals surface area contributed by atoms with Crippen molar-refractivity contribution in [2.24, 2.45) is 11.7 Å². The van der Waals surface area contributed by atoms with Crippen LogP contribution in [0.4, 0.5) is 5.95 Å². The number of halogens is 1. The molecule has 94 valence electrons. The molecule has 1 atom stereocenters. The van der Waals surface area contributed by atoms with Gasteiger partial charge in [0, 0.05) is 19.2 Å². The molecular formula is C11H12ClN5O. The molecule has 1 unspecified atom stereocenters. The first-order chi connectivity index (χ1) is 8.69. The zero-order valence-corrected chi connectivity index (χ0v) is 10.3. The van der Waals surface area contributed by atoms with E-state index in [0.29, 0.717) is 36.1 Å². The highest BCUT2D eigenvalue weighted by Crippen LogP contribution is 2.24. The molecule has 18 heavy (non-hydrogen) atoms. The van der Waals surface area contributed by atoms with Crippen LogP contribution in [0.25, 0.3) is 5.65 Å². The fourth-order valence-electron chi connectivity index (χ4n) is 2.11. The summed E-state index contributed by atoms with van der Waals surface area (Å²) in [6.07, 6.45) is 2.21. The standard InChI is InChI=1S/C11H12ClN5O/c12-8-2-1-3-17-10(8)14-11(15-17)16-6-7(5-13)4-9(16)18/h1-3,7H,4-6,13H2. The Kier molecular flexibility index (Phi) is 2.68. The second kappa shape index (κ2) is 4.22. The molecule has 7 heteroatoms. The minimum atomic E-state index is 0.0116. The molecule has 1 fully saturated rings. The molecule has 2 aromatic heterocycles. The van der Waals surface area contributed by atoms with Gasteiger partial charge in [-0.05, 0) is 24.6 Å². The molecule has 0 radical (unpaired) electrons. The molecule has 1 amide bonds. The summed E-state index contributed by atoms with van der Waals surface area (Å²) in [4.78, 5) is 17.7. The lowest BCUT2D eigenvalue weighted by Gasteiger charge is -2.10. The number of carbonyl (C=O) groups is 1. The van der Waals surface area contributed by atoms with E-state index in [4.69, 9.17) is 17.3 Å². The Morgan fingerprint density at radius 2 is 2.39 bits per heavy atom. The highest BCUT2D eigenvalue weighted by molar-refractivity contribution is 6.33. The summed E-state index contributed by atoms with van der Waals surface area (Å²) in [5, 5.41) is 4.77. The summed E-state index contributed by atoms with van der Waals surface area (Å²) in [7, 11) is 0. The number of carbonyl (C=O) groups excluding carboxylic acids is 1. The molecule has 0 bridgehead atoms. The third kappa shape index (κ3) is 1.74. The number of hydrogen-bond donors (Lipinski definition) is 1. The summed E-state index contributed by atoms with van der Waals surface area (Å²) >= 11 is 6.02. The van der Waals surface area contributed by atoms with Crippen molar-refractivity contribution in [1.82, 2.24) is 14.6 Å². The summed E-state index contributed by atoms with van der Waals surface area (Å²) in [6.45, 7) is 1.07. The van der Waals surface area contributed by atoms with Gasteiger partial charge in [0.15, 0.2) is 5.65 Å². The molecule has 3 heterocycles. The van der Waals surface area contributed by atoms with Gasteiger partial charge in [0.05, 0.1) is 5.02 Å². The number of nitrogens with two attached hydrogens (primary N) is 1. The largest absolute Gasteiger partial charge is 0.330 e. The zero-order chi connectivity index (χ0) is 12.7. The smallest absolute Gasteiger partial charge is 0.252 e. The third-order valence-corrected chi connectivity index (χ3v) is 3.38. The molecule has 1 aliphatic rings. The summed E-state index contributed by atoms with van der Waals surface area (Å²) in [5.74, 6) is 0.584. The van der Waals surface area contributed by atoms with Crippen molar-refractivity contribution >= 4 is 29.1 Å². The predicted octanol–water partition coefficient (Wildman–Crippen LogP) is 0.694. The highest BCUT2D eigenvalue weighted by atomic mass is 35.5. The van der Waals surface area contributed by atoms with Gasteiger partial charge in [0.1, 0.15) is 0 Å². The minimum Gasteiger partial charge on any atom is -0.330 e. The number of amides is 1. The lowest BCUT2D eigenvalue weighted by molar-refractivity contribution is -0.117. The van der Waals surface area contributed by atoms with Crippen molar-refractivity contribution in [3.63, 3.8) is 0 Å². The van der Waals surface area contributed by atoms with Crippen LogP contribution in [0.1, 0.15) is 6.42 Å². The topological polar surface area (TPSA) is 76.5 Å². The number of anilines is 1. The van der Waals surface area contributed by atoms with Crippen LogP contribution >= 0.6 is 11.6 Å². The summed E-state index contributed by atoms with van der Waals surface area (Å²) < 4.78 is 1.57. The Labute approximate surface area is 108 Å². The van der Waals surface area contributed by atoms with Crippen molar-refractivity contribution in [2.45, 2.75) is 6.42 Å². The number of pyridine rings is 1. The van der Waals surface area contributed by atoms with E-state index in [1.807, 2.05) is 0 Å². The maximum absolute atomic E-state index is 11.9. The van der Waals surface area contributed by atoms with Crippen LogP contribution in [0.15, 0.2) is 18.3 Å². The van der Waals surface area contributed by atoms with Crippen molar-refractivity contribution in [3.8, 4) is 0 Å². The predicted molar refractivity (Wildman–Crippen MR) is 67.5 cm³/mol. The van der Waals surface area contributed by atoms with Crippen LogP contribution in [0.2, 0.25) is 5.02 Å². The van der Waals surface area contributed by atoms with Gasteiger partial charge in [0.2, 0.25) is 5.91 Å². The van der Waals surface area contributed by atoms with E-state index in [0.717, 1.165) is 0 Å². The van der Waals surface area contributed by atoms with Crippen molar-refractivity contribution in [3.05, 3.63) is 23.4 Å². The lowest BCUT2D eigenvalue weighted by Crippen LogP contribution is -2.26. The van der Waals surface area contributed by atoms with Gasteiger partial charge in [-0.1, -0.05) is 11.6 Å². The third-order valence-electron chi connectivity index (χ3n) is 3.08. The molecule has 1 aliphatic heterocycles. The first-order valence-electron chi connectivity index (χ1n) is 5.70. The maximum Gasteiger partial charge on any atom is 0.252 e. The average molecular weight is 266 g/mol. The molecular weight excluding hydrogens is 254 g/mol. The molecule has 2 aromatic rings.